The zero-order valence-electron chi connectivity index (χ0n) is 10.5. The first kappa shape index (κ1) is 12.7. The molecule has 1 aromatic carbocycles. The Morgan fingerprint density at radius 3 is 2.90 bits per heavy atom. The number of nitrogens with one attached hydrogen (secondary N) is 2. The van der Waals surface area contributed by atoms with Gasteiger partial charge < -0.3 is 5.32 Å². The van der Waals surface area contributed by atoms with Crippen molar-refractivity contribution in [3.63, 3.8) is 0 Å². The number of hydrogen-bond donors (Lipinski definition) is 2. The van der Waals surface area contributed by atoms with E-state index in [-0.39, 0.29) is 5.69 Å². The van der Waals surface area contributed by atoms with E-state index in [0.29, 0.717) is 11.5 Å². The van der Waals surface area contributed by atoms with Gasteiger partial charge in [0.25, 0.3) is 0 Å². The Morgan fingerprint density at radius 1 is 1.30 bits per heavy atom. The summed E-state index contributed by atoms with van der Waals surface area (Å²) >= 11 is 5.84. The molecule has 3 rings (SSSR count). The third-order valence-electron chi connectivity index (χ3n) is 2.94. The number of benzene rings is 1. The summed E-state index contributed by atoms with van der Waals surface area (Å²) in [6.45, 7) is 0.736. The standard InChI is InChI=1S/C13H12ClN5O/c14-10-3-1-9(2-4-10)5-6-15-11-7-12-17-18-13(20)19(12)8-16-11/h1-4,7-8,15H,5-6H2,(H,18,20). The molecule has 0 spiro atoms. The van der Waals surface area contributed by atoms with Gasteiger partial charge in [0.2, 0.25) is 0 Å². The van der Waals surface area contributed by atoms with Crippen molar-refractivity contribution in [3.8, 4) is 0 Å². The molecule has 0 atom stereocenters. The number of halogens is 1. The summed E-state index contributed by atoms with van der Waals surface area (Å²) in [5, 5.41) is 10.2. The molecule has 2 heterocycles. The smallest absolute Gasteiger partial charge is 0.348 e. The van der Waals surface area contributed by atoms with Gasteiger partial charge in [-0.1, -0.05) is 23.7 Å². The summed E-state index contributed by atoms with van der Waals surface area (Å²) in [5.74, 6) is 0.686. The number of rotatable bonds is 4. The van der Waals surface area contributed by atoms with Crippen LogP contribution in [-0.2, 0) is 6.42 Å². The van der Waals surface area contributed by atoms with Gasteiger partial charge in [0.15, 0.2) is 5.65 Å². The van der Waals surface area contributed by atoms with Gasteiger partial charge in [-0.3, -0.25) is 0 Å². The maximum absolute atomic E-state index is 11.3. The number of fused-ring (bicyclic) bond motifs is 1. The molecule has 0 unspecified atom stereocenters. The first-order valence-electron chi connectivity index (χ1n) is 6.13. The molecule has 7 heteroatoms. The highest BCUT2D eigenvalue weighted by atomic mass is 35.5. The van der Waals surface area contributed by atoms with Crippen LogP contribution in [0.1, 0.15) is 5.56 Å². The van der Waals surface area contributed by atoms with Crippen LogP contribution in [0, 0.1) is 0 Å². The van der Waals surface area contributed by atoms with Gasteiger partial charge in [-0.2, -0.15) is 5.10 Å². The highest BCUT2D eigenvalue weighted by Gasteiger charge is 2.02. The maximum atomic E-state index is 11.3. The zero-order valence-corrected chi connectivity index (χ0v) is 11.3. The van der Waals surface area contributed by atoms with Crippen LogP contribution >= 0.6 is 11.6 Å². The Labute approximate surface area is 119 Å². The highest BCUT2D eigenvalue weighted by molar-refractivity contribution is 6.30. The van der Waals surface area contributed by atoms with Crippen LogP contribution in [-0.4, -0.2) is 26.1 Å². The van der Waals surface area contributed by atoms with Crippen molar-refractivity contribution in [2.24, 2.45) is 0 Å². The van der Waals surface area contributed by atoms with E-state index in [1.165, 1.54) is 16.3 Å². The molecule has 102 valence electrons. The topological polar surface area (TPSA) is 75.1 Å². The van der Waals surface area contributed by atoms with Crippen molar-refractivity contribution in [1.29, 1.82) is 0 Å². The Balaban J connectivity index is 1.64. The summed E-state index contributed by atoms with van der Waals surface area (Å²) in [6.07, 6.45) is 2.31. The predicted molar refractivity (Wildman–Crippen MR) is 77.3 cm³/mol. The van der Waals surface area contributed by atoms with Crippen LogP contribution in [0.4, 0.5) is 5.82 Å². The number of aromatic nitrogens is 4. The SMILES string of the molecule is O=c1[nH]nc2cc(NCCc3ccc(Cl)cc3)ncn12. The minimum atomic E-state index is -0.291. The Hall–Kier alpha value is -2.34. The molecule has 2 aromatic heterocycles. The molecule has 0 aliphatic rings. The molecular weight excluding hydrogens is 278 g/mol. The molecule has 3 aromatic rings. The second-order valence-corrected chi connectivity index (χ2v) is 4.77. The summed E-state index contributed by atoms with van der Waals surface area (Å²) < 4.78 is 1.35. The third-order valence-corrected chi connectivity index (χ3v) is 3.19. The van der Waals surface area contributed by atoms with Crippen molar-refractivity contribution in [2.75, 3.05) is 11.9 Å². The second kappa shape index (κ2) is 5.34. The number of H-pyrrole nitrogens is 1. The molecule has 6 nitrogen and oxygen atoms in total. The van der Waals surface area contributed by atoms with E-state index >= 15 is 0 Å². The fourth-order valence-electron chi connectivity index (χ4n) is 1.89. The number of nitrogens with zero attached hydrogens (tertiary/aromatic N) is 3. The Bertz CT molecular complexity index is 777. The van der Waals surface area contributed by atoms with E-state index in [1.807, 2.05) is 24.3 Å². The molecule has 0 saturated carbocycles. The van der Waals surface area contributed by atoms with Gasteiger partial charge in [0.05, 0.1) is 0 Å². The first-order chi connectivity index (χ1) is 9.72. The van der Waals surface area contributed by atoms with Crippen molar-refractivity contribution < 1.29 is 0 Å². The molecular formula is C13H12ClN5O. The summed E-state index contributed by atoms with van der Waals surface area (Å²) in [7, 11) is 0. The van der Waals surface area contributed by atoms with Crippen molar-refractivity contribution in [1.82, 2.24) is 19.6 Å². The zero-order chi connectivity index (χ0) is 13.9. The van der Waals surface area contributed by atoms with Crippen LogP contribution in [0.25, 0.3) is 5.65 Å². The third kappa shape index (κ3) is 2.65. The molecule has 0 aliphatic heterocycles. The molecule has 0 saturated heterocycles. The highest BCUT2D eigenvalue weighted by Crippen LogP contribution is 2.10. The van der Waals surface area contributed by atoms with E-state index in [9.17, 15) is 4.79 Å². The van der Waals surface area contributed by atoms with Crippen LogP contribution in [0.15, 0.2) is 41.5 Å². The monoisotopic (exact) mass is 289 g/mol. The molecule has 2 N–H and O–H groups in total. The summed E-state index contributed by atoms with van der Waals surface area (Å²) in [4.78, 5) is 15.4. The fraction of sp³-hybridized carbons (Fsp3) is 0.154. The fourth-order valence-corrected chi connectivity index (χ4v) is 2.02. The van der Waals surface area contributed by atoms with Crippen LogP contribution in [0.3, 0.4) is 0 Å². The minimum absolute atomic E-state index is 0.291. The van der Waals surface area contributed by atoms with Crippen molar-refractivity contribution >= 4 is 23.1 Å². The van der Waals surface area contributed by atoms with Crippen molar-refractivity contribution in [2.45, 2.75) is 6.42 Å². The lowest BCUT2D eigenvalue weighted by Crippen LogP contribution is -2.11. The molecule has 0 radical (unpaired) electrons. The normalized spacial score (nSPS) is 10.8. The van der Waals surface area contributed by atoms with Gasteiger partial charge in [-0.05, 0) is 24.1 Å². The summed E-state index contributed by atoms with van der Waals surface area (Å²) in [5.41, 5.74) is 1.44. The molecule has 20 heavy (non-hydrogen) atoms. The van der Waals surface area contributed by atoms with E-state index in [1.54, 1.807) is 6.07 Å². The number of aromatic amines is 1. The predicted octanol–water partition coefficient (Wildman–Crippen LogP) is 1.73. The van der Waals surface area contributed by atoms with Gasteiger partial charge >= 0.3 is 5.69 Å². The van der Waals surface area contributed by atoms with Crippen LogP contribution < -0.4 is 11.0 Å². The number of hydrogen-bond acceptors (Lipinski definition) is 4. The van der Waals surface area contributed by atoms with Crippen molar-refractivity contribution in [3.05, 3.63) is 57.7 Å². The molecule has 0 amide bonds. The Kier molecular flexibility index (Phi) is 3.39. The van der Waals surface area contributed by atoms with Gasteiger partial charge in [-0.15, -0.1) is 0 Å². The quantitative estimate of drug-likeness (QED) is 0.767. The average Bonchev–Trinajstić information content (AvgIpc) is 2.82. The largest absolute Gasteiger partial charge is 0.370 e. The molecule has 0 aliphatic carbocycles. The molecule has 0 bridgehead atoms. The second-order valence-electron chi connectivity index (χ2n) is 4.33. The average molecular weight is 290 g/mol. The van der Waals surface area contributed by atoms with Gasteiger partial charge in [-0.25, -0.2) is 19.3 Å². The van der Waals surface area contributed by atoms with E-state index < -0.39 is 0 Å². The van der Waals surface area contributed by atoms with Crippen LogP contribution in [0.5, 0.6) is 0 Å². The lowest BCUT2D eigenvalue weighted by molar-refractivity contribution is 0.975. The Morgan fingerprint density at radius 2 is 2.10 bits per heavy atom. The maximum Gasteiger partial charge on any atom is 0.348 e. The van der Waals surface area contributed by atoms with Gasteiger partial charge in [0, 0.05) is 17.6 Å². The first-order valence-corrected chi connectivity index (χ1v) is 6.51. The summed E-state index contributed by atoms with van der Waals surface area (Å²) in [6, 6.07) is 9.45. The lowest BCUT2D eigenvalue weighted by atomic mass is 10.1. The number of anilines is 1. The van der Waals surface area contributed by atoms with E-state index in [2.05, 4.69) is 20.5 Å². The van der Waals surface area contributed by atoms with E-state index in [0.717, 1.165) is 18.0 Å². The molecule has 0 fully saturated rings. The van der Waals surface area contributed by atoms with Gasteiger partial charge in [0.1, 0.15) is 12.1 Å². The minimum Gasteiger partial charge on any atom is -0.370 e. The van der Waals surface area contributed by atoms with Crippen LogP contribution in [0.2, 0.25) is 5.02 Å². The lowest BCUT2D eigenvalue weighted by Gasteiger charge is -2.05. The van der Waals surface area contributed by atoms with E-state index in [4.69, 9.17) is 11.6 Å².